The molecule has 0 radical (unpaired) electrons. The van der Waals surface area contributed by atoms with Crippen LogP contribution in [-0.2, 0) is 19.0 Å². The molecule has 0 bridgehead atoms. The number of fused-ring (bicyclic) bond motifs is 1. The first-order valence-electron chi connectivity index (χ1n) is 5.32. The number of esters is 1. The Labute approximate surface area is 89.3 Å². The molecule has 2 heterocycles. The van der Waals surface area contributed by atoms with Gasteiger partial charge in [0.05, 0.1) is 25.9 Å². The fourth-order valence-electron chi connectivity index (χ4n) is 1.96. The third-order valence-corrected chi connectivity index (χ3v) is 2.78. The minimum atomic E-state index is -0.247. The second-order valence-electron chi connectivity index (χ2n) is 3.98. The molecule has 2 saturated heterocycles. The van der Waals surface area contributed by atoms with Crippen LogP contribution in [0.25, 0.3) is 0 Å². The first kappa shape index (κ1) is 10.9. The highest BCUT2D eigenvalue weighted by Crippen LogP contribution is 2.15. The van der Waals surface area contributed by atoms with Crippen LogP contribution in [0.5, 0.6) is 0 Å². The third kappa shape index (κ3) is 2.90. The Kier molecular flexibility index (Phi) is 3.56. The van der Waals surface area contributed by atoms with Gasteiger partial charge in [0, 0.05) is 20.0 Å². The average molecular weight is 215 g/mol. The van der Waals surface area contributed by atoms with Crippen molar-refractivity contribution in [2.24, 2.45) is 0 Å². The molecular weight excluding hydrogens is 198 g/mol. The largest absolute Gasteiger partial charge is 0.463 e. The average Bonchev–Trinajstić information content (AvgIpc) is 2.26. The van der Waals surface area contributed by atoms with Crippen molar-refractivity contribution in [2.75, 3.05) is 39.5 Å². The summed E-state index contributed by atoms with van der Waals surface area (Å²) in [5.74, 6) is -0.247. The highest BCUT2D eigenvalue weighted by molar-refractivity contribution is 5.65. The molecule has 0 N–H and O–H groups in total. The van der Waals surface area contributed by atoms with Crippen molar-refractivity contribution < 1.29 is 19.0 Å². The number of morpholine rings is 2. The lowest BCUT2D eigenvalue weighted by atomic mass is 10.1. The maximum absolute atomic E-state index is 10.7. The van der Waals surface area contributed by atoms with E-state index in [1.807, 2.05) is 0 Å². The molecule has 0 amide bonds. The van der Waals surface area contributed by atoms with E-state index in [0.29, 0.717) is 19.3 Å². The summed E-state index contributed by atoms with van der Waals surface area (Å²) < 4.78 is 15.9. The van der Waals surface area contributed by atoms with E-state index in [4.69, 9.17) is 14.2 Å². The Hall–Kier alpha value is -0.650. The standard InChI is InChI=1S/C10H17NO4/c1-8(12)14-7-10-4-11-2-3-13-5-9(11)6-15-10/h9-10H,2-7H2,1H3/t9-,10-/m0/s1. The van der Waals surface area contributed by atoms with Gasteiger partial charge >= 0.3 is 5.97 Å². The van der Waals surface area contributed by atoms with Crippen molar-refractivity contribution >= 4 is 5.97 Å². The van der Waals surface area contributed by atoms with Crippen molar-refractivity contribution in [3.05, 3.63) is 0 Å². The van der Waals surface area contributed by atoms with Gasteiger partial charge in [-0.15, -0.1) is 0 Å². The minimum Gasteiger partial charge on any atom is -0.463 e. The molecule has 2 atom stereocenters. The molecule has 86 valence electrons. The summed E-state index contributed by atoms with van der Waals surface area (Å²) in [6, 6.07) is 0.382. The smallest absolute Gasteiger partial charge is 0.302 e. The van der Waals surface area contributed by atoms with Gasteiger partial charge in [0.1, 0.15) is 12.7 Å². The summed E-state index contributed by atoms with van der Waals surface area (Å²) >= 11 is 0. The van der Waals surface area contributed by atoms with Crippen molar-refractivity contribution in [1.29, 1.82) is 0 Å². The molecule has 0 aromatic heterocycles. The highest BCUT2D eigenvalue weighted by atomic mass is 16.6. The SMILES string of the molecule is CC(=O)OC[C@@H]1CN2CCOC[C@H]2CO1. The Bertz CT molecular complexity index is 233. The Morgan fingerprint density at radius 1 is 1.53 bits per heavy atom. The van der Waals surface area contributed by atoms with Crippen molar-refractivity contribution in [2.45, 2.75) is 19.1 Å². The van der Waals surface area contributed by atoms with Gasteiger partial charge in [-0.2, -0.15) is 0 Å². The van der Waals surface area contributed by atoms with Gasteiger partial charge in [-0.25, -0.2) is 0 Å². The summed E-state index contributed by atoms with van der Waals surface area (Å²) in [5.41, 5.74) is 0. The van der Waals surface area contributed by atoms with Crippen LogP contribution in [0.15, 0.2) is 0 Å². The topological polar surface area (TPSA) is 48.0 Å². The molecule has 0 spiro atoms. The normalized spacial score (nSPS) is 32.1. The van der Waals surface area contributed by atoms with Gasteiger partial charge in [-0.3, -0.25) is 9.69 Å². The number of nitrogens with zero attached hydrogens (tertiary/aromatic N) is 1. The summed E-state index contributed by atoms with van der Waals surface area (Å²) in [6.45, 7) is 5.77. The highest BCUT2D eigenvalue weighted by Gasteiger charge is 2.31. The molecule has 0 aromatic rings. The lowest BCUT2D eigenvalue weighted by molar-refractivity contribution is -0.156. The lowest BCUT2D eigenvalue weighted by Gasteiger charge is -2.41. The van der Waals surface area contributed by atoms with E-state index in [1.54, 1.807) is 0 Å². The van der Waals surface area contributed by atoms with Gasteiger partial charge in [-0.1, -0.05) is 0 Å². The number of carbonyl (C=O) groups is 1. The summed E-state index contributed by atoms with van der Waals surface area (Å²) in [6.07, 6.45) is 0.0169. The zero-order valence-corrected chi connectivity index (χ0v) is 8.98. The van der Waals surface area contributed by atoms with Crippen LogP contribution in [0.2, 0.25) is 0 Å². The maximum Gasteiger partial charge on any atom is 0.302 e. The summed E-state index contributed by atoms with van der Waals surface area (Å²) in [5, 5.41) is 0. The van der Waals surface area contributed by atoms with Gasteiger partial charge in [0.15, 0.2) is 0 Å². The Morgan fingerprint density at radius 3 is 3.20 bits per heavy atom. The van der Waals surface area contributed by atoms with Crippen LogP contribution in [0.1, 0.15) is 6.92 Å². The van der Waals surface area contributed by atoms with Gasteiger partial charge in [0.2, 0.25) is 0 Å². The number of hydrogen-bond acceptors (Lipinski definition) is 5. The molecule has 0 aromatic carbocycles. The maximum atomic E-state index is 10.7. The predicted octanol–water partition coefficient (Wildman–Crippen LogP) is -0.351. The van der Waals surface area contributed by atoms with Crippen LogP contribution in [0.3, 0.4) is 0 Å². The monoisotopic (exact) mass is 215 g/mol. The molecule has 5 nitrogen and oxygen atoms in total. The van der Waals surface area contributed by atoms with Crippen LogP contribution in [0.4, 0.5) is 0 Å². The Balaban J connectivity index is 1.78. The fraction of sp³-hybridized carbons (Fsp3) is 0.900. The molecule has 2 aliphatic rings. The van der Waals surface area contributed by atoms with E-state index >= 15 is 0 Å². The summed E-state index contributed by atoms with van der Waals surface area (Å²) in [4.78, 5) is 13.0. The predicted molar refractivity (Wildman–Crippen MR) is 52.6 cm³/mol. The van der Waals surface area contributed by atoms with E-state index < -0.39 is 0 Å². The fourth-order valence-corrected chi connectivity index (χ4v) is 1.96. The van der Waals surface area contributed by atoms with Crippen LogP contribution in [-0.4, -0.2) is 62.5 Å². The van der Waals surface area contributed by atoms with Crippen molar-refractivity contribution in [1.82, 2.24) is 4.90 Å². The third-order valence-electron chi connectivity index (χ3n) is 2.78. The zero-order chi connectivity index (χ0) is 10.7. The number of rotatable bonds is 2. The molecule has 0 unspecified atom stereocenters. The molecule has 5 heteroatoms. The van der Waals surface area contributed by atoms with E-state index in [2.05, 4.69) is 4.90 Å². The molecule has 0 aliphatic carbocycles. The van der Waals surface area contributed by atoms with E-state index in [-0.39, 0.29) is 12.1 Å². The number of ether oxygens (including phenoxy) is 3. The van der Waals surface area contributed by atoms with E-state index in [1.165, 1.54) is 6.92 Å². The molecule has 2 rings (SSSR count). The van der Waals surface area contributed by atoms with Crippen LogP contribution in [0, 0.1) is 0 Å². The first-order valence-corrected chi connectivity index (χ1v) is 5.32. The van der Waals surface area contributed by atoms with Crippen molar-refractivity contribution in [3.8, 4) is 0 Å². The van der Waals surface area contributed by atoms with E-state index in [9.17, 15) is 4.79 Å². The van der Waals surface area contributed by atoms with Gasteiger partial charge < -0.3 is 14.2 Å². The Morgan fingerprint density at radius 2 is 2.40 bits per heavy atom. The van der Waals surface area contributed by atoms with E-state index in [0.717, 1.165) is 26.3 Å². The molecule has 2 aliphatic heterocycles. The van der Waals surface area contributed by atoms with Gasteiger partial charge in [0.25, 0.3) is 0 Å². The molecule has 0 saturated carbocycles. The molecule has 15 heavy (non-hydrogen) atoms. The van der Waals surface area contributed by atoms with Gasteiger partial charge in [-0.05, 0) is 0 Å². The number of hydrogen-bond donors (Lipinski definition) is 0. The lowest BCUT2D eigenvalue weighted by Crippen LogP contribution is -2.56. The molecule has 2 fully saturated rings. The van der Waals surface area contributed by atoms with Crippen LogP contribution >= 0.6 is 0 Å². The second kappa shape index (κ2) is 4.92. The van der Waals surface area contributed by atoms with Crippen LogP contribution < -0.4 is 0 Å². The quantitative estimate of drug-likeness (QED) is 0.589. The summed E-state index contributed by atoms with van der Waals surface area (Å²) in [7, 11) is 0. The molecular formula is C10H17NO4. The zero-order valence-electron chi connectivity index (χ0n) is 8.98. The number of carbonyl (C=O) groups excluding carboxylic acids is 1. The second-order valence-corrected chi connectivity index (χ2v) is 3.98. The van der Waals surface area contributed by atoms with Crippen molar-refractivity contribution in [3.63, 3.8) is 0 Å². The first-order chi connectivity index (χ1) is 7.25. The minimum absolute atomic E-state index is 0.0169.